The number of aliphatic hydroxyl groups is 1. The molecule has 0 aliphatic heterocycles. The highest BCUT2D eigenvalue weighted by atomic mass is 16.5. The predicted octanol–water partition coefficient (Wildman–Crippen LogP) is 0.275. The quantitative estimate of drug-likeness (QED) is 0.689. The fraction of sp³-hybridized carbons (Fsp3) is 0.750. The normalized spacial score (nSPS) is 13.2. The summed E-state index contributed by atoms with van der Waals surface area (Å²) in [7, 11) is 1.84. The van der Waals surface area contributed by atoms with Crippen molar-refractivity contribution in [3.63, 3.8) is 0 Å². The van der Waals surface area contributed by atoms with E-state index in [0.717, 1.165) is 0 Å². The Morgan fingerprint density at radius 3 is 3.00 bits per heavy atom. The van der Waals surface area contributed by atoms with Crippen LogP contribution in [0.2, 0.25) is 0 Å². The molecule has 1 atom stereocenters. The van der Waals surface area contributed by atoms with Gasteiger partial charge in [-0.3, -0.25) is 0 Å². The van der Waals surface area contributed by atoms with Crippen LogP contribution in [0.3, 0.4) is 0 Å². The molecular weight excluding hydrogens is 170 g/mol. The SMILES string of the molecule is CNC(C)c1nc(CCCO)no1. The molecule has 0 amide bonds. The summed E-state index contributed by atoms with van der Waals surface area (Å²) in [5.74, 6) is 1.25. The summed E-state index contributed by atoms with van der Waals surface area (Å²) in [6.07, 6.45) is 1.34. The van der Waals surface area contributed by atoms with E-state index in [0.29, 0.717) is 24.6 Å². The van der Waals surface area contributed by atoms with Crippen molar-refractivity contribution >= 4 is 0 Å². The van der Waals surface area contributed by atoms with Crippen molar-refractivity contribution < 1.29 is 9.63 Å². The van der Waals surface area contributed by atoms with Crippen molar-refractivity contribution in [2.75, 3.05) is 13.7 Å². The molecule has 13 heavy (non-hydrogen) atoms. The van der Waals surface area contributed by atoms with Crippen LogP contribution in [0.15, 0.2) is 4.52 Å². The van der Waals surface area contributed by atoms with Crippen LogP contribution >= 0.6 is 0 Å². The van der Waals surface area contributed by atoms with Crippen LogP contribution in [-0.4, -0.2) is 28.9 Å². The number of aliphatic hydroxyl groups excluding tert-OH is 1. The van der Waals surface area contributed by atoms with Gasteiger partial charge in [-0.05, 0) is 20.4 Å². The number of nitrogens with zero attached hydrogens (tertiary/aromatic N) is 2. The van der Waals surface area contributed by atoms with Gasteiger partial charge >= 0.3 is 0 Å². The molecule has 74 valence electrons. The van der Waals surface area contributed by atoms with Crippen molar-refractivity contribution in [3.05, 3.63) is 11.7 Å². The third kappa shape index (κ3) is 2.78. The summed E-state index contributed by atoms with van der Waals surface area (Å²) in [5.41, 5.74) is 0. The lowest BCUT2D eigenvalue weighted by atomic mass is 10.3. The molecule has 1 unspecified atom stereocenters. The van der Waals surface area contributed by atoms with Gasteiger partial charge in [0.05, 0.1) is 6.04 Å². The van der Waals surface area contributed by atoms with Crippen molar-refractivity contribution in [3.8, 4) is 0 Å². The molecule has 1 aromatic rings. The predicted molar refractivity (Wildman–Crippen MR) is 47.2 cm³/mol. The van der Waals surface area contributed by atoms with E-state index < -0.39 is 0 Å². The number of aromatic nitrogens is 2. The monoisotopic (exact) mass is 185 g/mol. The zero-order valence-electron chi connectivity index (χ0n) is 7.95. The van der Waals surface area contributed by atoms with Crippen LogP contribution in [0.4, 0.5) is 0 Å². The highest BCUT2D eigenvalue weighted by molar-refractivity contribution is 4.90. The summed E-state index contributed by atoms with van der Waals surface area (Å²) in [6.45, 7) is 2.11. The van der Waals surface area contributed by atoms with Gasteiger partial charge in [-0.1, -0.05) is 5.16 Å². The van der Waals surface area contributed by atoms with E-state index in [9.17, 15) is 0 Å². The number of aryl methyl sites for hydroxylation is 1. The van der Waals surface area contributed by atoms with Crippen molar-refractivity contribution in [1.82, 2.24) is 15.5 Å². The molecule has 5 heteroatoms. The average Bonchev–Trinajstić information content (AvgIpc) is 2.62. The topological polar surface area (TPSA) is 71.2 Å². The zero-order chi connectivity index (χ0) is 9.68. The van der Waals surface area contributed by atoms with Gasteiger partial charge in [-0.2, -0.15) is 4.98 Å². The maximum absolute atomic E-state index is 8.59. The van der Waals surface area contributed by atoms with E-state index in [-0.39, 0.29) is 12.6 Å². The number of hydrogen-bond acceptors (Lipinski definition) is 5. The van der Waals surface area contributed by atoms with E-state index >= 15 is 0 Å². The van der Waals surface area contributed by atoms with Crippen LogP contribution in [0.1, 0.15) is 31.1 Å². The van der Waals surface area contributed by atoms with Crippen LogP contribution in [0, 0.1) is 0 Å². The Labute approximate surface area is 77.2 Å². The summed E-state index contributed by atoms with van der Waals surface area (Å²) in [5, 5.41) is 15.4. The van der Waals surface area contributed by atoms with Crippen LogP contribution in [0.25, 0.3) is 0 Å². The summed E-state index contributed by atoms with van der Waals surface area (Å²) < 4.78 is 5.01. The summed E-state index contributed by atoms with van der Waals surface area (Å²) in [6, 6.07) is 0.0791. The molecule has 0 bridgehead atoms. The molecule has 1 aromatic heterocycles. The van der Waals surface area contributed by atoms with Crippen molar-refractivity contribution in [2.45, 2.75) is 25.8 Å². The molecule has 5 nitrogen and oxygen atoms in total. The van der Waals surface area contributed by atoms with Crippen LogP contribution < -0.4 is 5.32 Å². The lowest BCUT2D eigenvalue weighted by molar-refractivity contribution is 0.286. The maximum Gasteiger partial charge on any atom is 0.243 e. The second kappa shape index (κ2) is 4.94. The molecule has 0 aliphatic carbocycles. The third-order valence-corrected chi connectivity index (χ3v) is 1.85. The molecule has 0 aliphatic rings. The van der Waals surface area contributed by atoms with Crippen molar-refractivity contribution in [2.24, 2.45) is 0 Å². The fourth-order valence-electron chi connectivity index (χ4n) is 0.906. The molecular formula is C8H15N3O2. The molecule has 1 heterocycles. The van der Waals surface area contributed by atoms with Gasteiger partial charge in [0.15, 0.2) is 5.82 Å². The molecule has 0 radical (unpaired) electrons. The summed E-state index contributed by atoms with van der Waals surface area (Å²) in [4.78, 5) is 4.17. The first-order chi connectivity index (χ1) is 6.27. The third-order valence-electron chi connectivity index (χ3n) is 1.85. The number of hydrogen-bond donors (Lipinski definition) is 2. The van der Waals surface area contributed by atoms with Crippen LogP contribution in [-0.2, 0) is 6.42 Å². The van der Waals surface area contributed by atoms with Gasteiger partial charge in [0.1, 0.15) is 0 Å². The summed E-state index contributed by atoms with van der Waals surface area (Å²) >= 11 is 0. The second-order valence-corrected chi connectivity index (χ2v) is 2.89. The van der Waals surface area contributed by atoms with Gasteiger partial charge in [-0.15, -0.1) is 0 Å². The average molecular weight is 185 g/mol. The Balaban J connectivity index is 2.53. The first-order valence-corrected chi connectivity index (χ1v) is 4.38. The number of rotatable bonds is 5. The lowest BCUT2D eigenvalue weighted by Crippen LogP contribution is -2.12. The standard InChI is InChI=1S/C8H15N3O2/c1-6(9-2)8-10-7(11-13-8)4-3-5-12/h6,9,12H,3-5H2,1-2H3. The molecule has 1 rings (SSSR count). The van der Waals surface area contributed by atoms with E-state index in [1.165, 1.54) is 0 Å². The van der Waals surface area contributed by atoms with Gasteiger partial charge in [0.25, 0.3) is 0 Å². The van der Waals surface area contributed by atoms with E-state index in [4.69, 9.17) is 9.63 Å². The first-order valence-electron chi connectivity index (χ1n) is 4.38. The Morgan fingerprint density at radius 1 is 1.62 bits per heavy atom. The molecule has 0 aromatic carbocycles. The Morgan fingerprint density at radius 2 is 2.38 bits per heavy atom. The van der Waals surface area contributed by atoms with Crippen LogP contribution in [0.5, 0.6) is 0 Å². The number of nitrogens with one attached hydrogen (secondary N) is 1. The Kier molecular flexibility index (Phi) is 3.85. The van der Waals surface area contributed by atoms with Crippen molar-refractivity contribution in [1.29, 1.82) is 0 Å². The van der Waals surface area contributed by atoms with E-state index in [2.05, 4.69) is 15.5 Å². The highest BCUT2D eigenvalue weighted by Gasteiger charge is 2.11. The van der Waals surface area contributed by atoms with Gasteiger partial charge in [-0.25, -0.2) is 0 Å². The molecule has 0 spiro atoms. The van der Waals surface area contributed by atoms with Gasteiger partial charge < -0.3 is 14.9 Å². The molecule has 0 saturated carbocycles. The second-order valence-electron chi connectivity index (χ2n) is 2.89. The minimum atomic E-state index is 0.0791. The van der Waals surface area contributed by atoms with E-state index in [1.807, 2.05) is 14.0 Å². The van der Waals surface area contributed by atoms with Gasteiger partial charge in [0, 0.05) is 13.0 Å². The highest BCUT2D eigenvalue weighted by Crippen LogP contribution is 2.08. The molecule has 0 fully saturated rings. The Hall–Kier alpha value is -0.940. The Bertz CT molecular complexity index is 249. The smallest absolute Gasteiger partial charge is 0.243 e. The zero-order valence-corrected chi connectivity index (χ0v) is 7.95. The van der Waals surface area contributed by atoms with E-state index in [1.54, 1.807) is 0 Å². The lowest BCUT2D eigenvalue weighted by Gasteiger charge is -2.01. The minimum absolute atomic E-state index is 0.0791. The maximum atomic E-state index is 8.59. The largest absolute Gasteiger partial charge is 0.396 e. The minimum Gasteiger partial charge on any atom is -0.396 e. The fourth-order valence-corrected chi connectivity index (χ4v) is 0.906. The van der Waals surface area contributed by atoms with Gasteiger partial charge in [0.2, 0.25) is 5.89 Å². The first kappa shape index (κ1) is 10.1. The molecule has 0 saturated heterocycles. The molecule has 2 N–H and O–H groups in total.